The van der Waals surface area contributed by atoms with E-state index in [1.165, 1.54) is 7.11 Å². The maximum absolute atomic E-state index is 11.8. The van der Waals surface area contributed by atoms with Gasteiger partial charge in [0.05, 0.1) is 12.8 Å². The van der Waals surface area contributed by atoms with Crippen molar-refractivity contribution in [3.05, 3.63) is 11.4 Å². The molecule has 0 aliphatic carbocycles. The van der Waals surface area contributed by atoms with Gasteiger partial charge >= 0.3 is 5.97 Å². The number of nitrogens with one attached hydrogen (secondary N) is 1. The molecule has 1 aromatic heterocycles. The summed E-state index contributed by atoms with van der Waals surface area (Å²) in [5.41, 5.74) is 1.33. The van der Waals surface area contributed by atoms with Crippen molar-refractivity contribution in [3.8, 4) is 0 Å². The Balaban J connectivity index is 2.33. The highest BCUT2D eigenvalue weighted by Crippen LogP contribution is 2.28. The molecule has 0 unspecified atom stereocenters. The van der Waals surface area contributed by atoms with Gasteiger partial charge in [0.15, 0.2) is 5.69 Å². The lowest BCUT2D eigenvalue weighted by Gasteiger charge is -2.24. The topological polar surface area (TPSA) is 69.0 Å². The number of methoxy groups -OCH3 is 1. The summed E-state index contributed by atoms with van der Waals surface area (Å²) in [7, 11) is 1.38. The van der Waals surface area contributed by atoms with Crippen molar-refractivity contribution >= 4 is 5.97 Å². The molecule has 0 amide bonds. The van der Waals surface area contributed by atoms with E-state index in [0.717, 1.165) is 38.2 Å². The lowest BCUT2D eigenvalue weighted by Crippen LogP contribution is -2.29. The third kappa shape index (κ3) is 3.12. The van der Waals surface area contributed by atoms with Crippen LogP contribution in [0.15, 0.2) is 0 Å². The van der Waals surface area contributed by atoms with Crippen LogP contribution >= 0.6 is 0 Å². The first-order valence-corrected chi connectivity index (χ1v) is 6.86. The predicted octanol–water partition coefficient (Wildman–Crippen LogP) is 1.19. The fourth-order valence-electron chi connectivity index (χ4n) is 2.54. The second-order valence-corrected chi connectivity index (χ2v) is 5.42. The summed E-state index contributed by atoms with van der Waals surface area (Å²) >= 11 is 0. The number of hydrogen-bond acceptors (Lipinski definition) is 5. The lowest BCUT2D eigenvalue weighted by molar-refractivity contribution is 0.0591. The monoisotopic (exact) mass is 266 g/mol. The van der Waals surface area contributed by atoms with Gasteiger partial charge in [0.2, 0.25) is 0 Å². The molecule has 0 spiro atoms. The second-order valence-electron chi connectivity index (χ2n) is 5.42. The van der Waals surface area contributed by atoms with E-state index in [-0.39, 0.29) is 5.97 Å². The van der Waals surface area contributed by atoms with Crippen LogP contribution in [-0.4, -0.2) is 41.2 Å². The predicted molar refractivity (Wildman–Crippen MR) is 71.0 cm³/mol. The number of nitrogens with zero attached hydrogens (tertiary/aromatic N) is 3. The Morgan fingerprint density at radius 2 is 2.16 bits per heavy atom. The molecule has 0 bridgehead atoms. The van der Waals surface area contributed by atoms with Crippen LogP contribution in [0.2, 0.25) is 0 Å². The maximum Gasteiger partial charge on any atom is 0.360 e. The van der Waals surface area contributed by atoms with Crippen LogP contribution in [0.25, 0.3) is 0 Å². The first-order chi connectivity index (χ1) is 9.13. The van der Waals surface area contributed by atoms with E-state index in [1.807, 2.05) is 4.68 Å². The van der Waals surface area contributed by atoms with E-state index >= 15 is 0 Å². The van der Waals surface area contributed by atoms with Crippen molar-refractivity contribution in [3.63, 3.8) is 0 Å². The van der Waals surface area contributed by atoms with Gasteiger partial charge in [0, 0.05) is 12.5 Å². The summed E-state index contributed by atoms with van der Waals surface area (Å²) in [4.78, 5) is 11.8. The van der Waals surface area contributed by atoms with Gasteiger partial charge in [-0.05, 0) is 31.8 Å². The van der Waals surface area contributed by atoms with Crippen LogP contribution in [0.1, 0.15) is 48.8 Å². The Hall–Kier alpha value is -1.43. The summed E-state index contributed by atoms with van der Waals surface area (Å²) in [6, 6.07) is 0. The van der Waals surface area contributed by atoms with Crippen LogP contribution in [-0.2, 0) is 11.3 Å². The summed E-state index contributed by atoms with van der Waals surface area (Å²) in [6.45, 7) is 6.98. The quantitative estimate of drug-likeness (QED) is 0.829. The van der Waals surface area contributed by atoms with Crippen LogP contribution in [0, 0.1) is 5.92 Å². The van der Waals surface area contributed by atoms with Gasteiger partial charge in [-0.25, -0.2) is 9.48 Å². The Morgan fingerprint density at radius 1 is 1.47 bits per heavy atom. The minimum Gasteiger partial charge on any atom is -0.464 e. The molecule has 0 radical (unpaired) electrons. The standard InChI is InChI=1S/C13H22N4O2/c1-9(2)8-17-12(10-4-6-14-7-5-10)11(15-16-17)13(18)19-3/h9-10,14H,4-8H2,1-3H3. The van der Waals surface area contributed by atoms with E-state index in [0.29, 0.717) is 17.5 Å². The highest BCUT2D eigenvalue weighted by Gasteiger charge is 2.28. The first kappa shape index (κ1) is 14.0. The molecule has 0 atom stereocenters. The molecule has 0 saturated carbocycles. The summed E-state index contributed by atoms with van der Waals surface area (Å²) < 4.78 is 6.70. The number of piperidine rings is 1. The second kappa shape index (κ2) is 6.14. The molecule has 19 heavy (non-hydrogen) atoms. The molecule has 1 aliphatic rings. The Labute approximate surface area is 113 Å². The zero-order valence-corrected chi connectivity index (χ0v) is 11.8. The van der Waals surface area contributed by atoms with Crippen molar-refractivity contribution < 1.29 is 9.53 Å². The zero-order valence-electron chi connectivity index (χ0n) is 11.8. The average Bonchev–Trinajstić information content (AvgIpc) is 2.81. The zero-order chi connectivity index (χ0) is 13.8. The average molecular weight is 266 g/mol. The molecule has 1 aromatic rings. The smallest absolute Gasteiger partial charge is 0.360 e. The van der Waals surface area contributed by atoms with Crippen molar-refractivity contribution in [1.29, 1.82) is 0 Å². The number of aromatic nitrogens is 3. The molecule has 6 heteroatoms. The normalized spacial score (nSPS) is 16.8. The fourth-order valence-corrected chi connectivity index (χ4v) is 2.54. The summed E-state index contributed by atoms with van der Waals surface area (Å²) in [6.07, 6.45) is 2.02. The van der Waals surface area contributed by atoms with Gasteiger partial charge < -0.3 is 10.1 Å². The molecule has 1 aliphatic heterocycles. The number of carbonyl (C=O) groups is 1. The van der Waals surface area contributed by atoms with Crippen molar-refractivity contribution in [2.75, 3.05) is 20.2 Å². The van der Waals surface area contributed by atoms with Crippen LogP contribution in [0.5, 0.6) is 0 Å². The van der Waals surface area contributed by atoms with E-state index < -0.39 is 0 Å². The number of ether oxygens (including phenoxy) is 1. The number of hydrogen-bond donors (Lipinski definition) is 1. The van der Waals surface area contributed by atoms with E-state index in [9.17, 15) is 4.79 Å². The van der Waals surface area contributed by atoms with Gasteiger partial charge in [-0.2, -0.15) is 0 Å². The summed E-state index contributed by atoms with van der Waals surface area (Å²) in [5.74, 6) is 0.417. The van der Waals surface area contributed by atoms with Crippen molar-refractivity contribution in [2.24, 2.45) is 5.92 Å². The van der Waals surface area contributed by atoms with Crippen LogP contribution in [0.3, 0.4) is 0 Å². The fraction of sp³-hybridized carbons (Fsp3) is 0.769. The molecule has 106 valence electrons. The molecular weight excluding hydrogens is 244 g/mol. The Bertz CT molecular complexity index is 436. The van der Waals surface area contributed by atoms with Gasteiger partial charge in [0.25, 0.3) is 0 Å². The van der Waals surface area contributed by atoms with Gasteiger partial charge in [-0.15, -0.1) is 5.10 Å². The van der Waals surface area contributed by atoms with Crippen molar-refractivity contribution in [2.45, 2.75) is 39.2 Å². The molecule has 1 fully saturated rings. The number of rotatable bonds is 4. The van der Waals surface area contributed by atoms with Crippen LogP contribution in [0.4, 0.5) is 0 Å². The molecule has 2 rings (SSSR count). The van der Waals surface area contributed by atoms with Gasteiger partial charge in [-0.3, -0.25) is 0 Å². The molecule has 2 heterocycles. The molecule has 0 aromatic carbocycles. The van der Waals surface area contributed by atoms with E-state index in [4.69, 9.17) is 4.74 Å². The SMILES string of the molecule is COC(=O)c1nnn(CC(C)C)c1C1CCNCC1. The Morgan fingerprint density at radius 3 is 2.74 bits per heavy atom. The Kier molecular flexibility index (Phi) is 4.52. The number of esters is 1. The first-order valence-electron chi connectivity index (χ1n) is 6.86. The van der Waals surface area contributed by atoms with Crippen molar-refractivity contribution in [1.82, 2.24) is 20.3 Å². The minimum atomic E-state index is -0.386. The largest absolute Gasteiger partial charge is 0.464 e. The van der Waals surface area contributed by atoms with Gasteiger partial charge in [-0.1, -0.05) is 19.1 Å². The van der Waals surface area contributed by atoms with Crippen LogP contribution < -0.4 is 5.32 Å². The minimum absolute atomic E-state index is 0.337. The molecule has 1 N–H and O–H groups in total. The third-order valence-corrected chi connectivity index (χ3v) is 3.42. The van der Waals surface area contributed by atoms with E-state index in [2.05, 4.69) is 29.5 Å². The highest BCUT2D eigenvalue weighted by molar-refractivity contribution is 5.88. The lowest BCUT2D eigenvalue weighted by atomic mass is 9.93. The number of carbonyl (C=O) groups excluding carboxylic acids is 1. The van der Waals surface area contributed by atoms with E-state index in [1.54, 1.807) is 0 Å². The highest BCUT2D eigenvalue weighted by atomic mass is 16.5. The molecule has 1 saturated heterocycles. The third-order valence-electron chi connectivity index (χ3n) is 3.42. The van der Waals surface area contributed by atoms with Gasteiger partial charge in [0.1, 0.15) is 0 Å². The molecular formula is C13H22N4O2. The maximum atomic E-state index is 11.8. The summed E-state index contributed by atoms with van der Waals surface area (Å²) in [5, 5.41) is 11.5. The molecule has 6 nitrogen and oxygen atoms in total.